The van der Waals surface area contributed by atoms with Gasteiger partial charge in [-0.15, -0.1) is 12.3 Å². The Kier molecular flexibility index (Phi) is 6.24. The Morgan fingerprint density at radius 2 is 2.22 bits per heavy atom. The zero-order valence-electron chi connectivity index (χ0n) is 11.0. The highest BCUT2D eigenvalue weighted by molar-refractivity contribution is 9.10. The molecule has 0 amide bonds. The monoisotopic (exact) mass is 309 g/mol. The van der Waals surface area contributed by atoms with Crippen molar-refractivity contribution >= 4 is 15.9 Å². The normalized spacial score (nSPS) is 11.9. The first-order valence-electron chi connectivity index (χ1n) is 6.19. The zero-order chi connectivity index (χ0) is 13.5. The summed E-state index contributed by atoms with van der Waals surface area (Å²) in [6.07, 6.45) is 7.63. The lowest BCUT2D eigenvalue weighted by Gasteiger charge is -2.17. The molecular weight excluding hydrogens is 290 g/mol. The van der Waals surface area contributed by atoms with E-state index in [1.165, 1.54) is 0 Å². The number of hydrogen-bond acceptors (Lipinski definition) is 2. The molecule has 0 saturated heterocycles. The molecule has 0 bridgehead atoms. The Labute approximate surface area is 118 Å². The van der Waals surface area contributed by atoms with Crippen LogP contribution in [0.25, 0.3) is 0 Å². The largest absolute Gasteiger partial charge is 0.492 e. The average Bonchev–Trinajstić information content (AvgIpc) is 2.32. The van der Waals surface area contributed by atoms with E-state index in [2.05, 4.69) is 34.8 Å². The van der Waals surface area contributed by atoms with E-state index < -0.39 is 0 Å². The Balaban J connectivity index is 2.94. The van der Waals surface area contributed by atoms with Crippen molar-refractivity contribution in [1.82, 2.24) is 0 Å². The summed E-state index contributed by atoms with van der Waals surface area (Å²) in [6, 6.07) is 4.29. The molecule has 0 saturated carbocycles. The summed E-state index contributed by atoms with van der Waals surface area (Å²) in [5.41, 5.74) is 8.28. The van der Waals surface area contributed by atoms with Gasteiger partial charge in [-0.05, 0) is 43.0 Å². The summed E-state index contributed by atoms with van der Waals surface area (Å²) >= 11 is 3.51. The quantitative estimate of drug-likeness (QED) is 0.645. The first-order valence-corrected chi connectivity index (χ1v) is 6.98. The average molecular weight is 310 g/mol. The topological polar surface area (TPSA) is 35.2 Å². The minimum atomic E-state index is 0.161. The van der Waals surface area contributed by atoms with Gasteiger partial charge in [-0.25, -0.2) is 0 Å². The lowest BCUT2D eigenvalue weighted by molar-refractivity contribution is 0.320. The lowest BCUT2D eigenvalue weighted by atomic mass is 10.0. The lowest BCUT2D eigenvalue weighted by Crippen LogP contribution is -2.22. The highest BCUT2D eigenvalue weighted by Gasteiger charge is 2.11. The molecule has 2 N–H and O–H groups in total. The number of benzene rings is 1. The van der Waals surface area contributed by atoms with E-state index in [0.717, 1.165) is 34.2 Å². The van der Waals surface area contributed by atoms with Crippen LogP contribution in [0.2, 0.25) is 0 Å². The second-order valence-electron chi connectivity index (χ2n) is 4.39. The second-order valence-corrected chi connectivity index (χ2v) is 5.30. The van der Waals surface area contributed by atoms with E-state index in [1.54, 1.807) is 0 Å². The van der Waals surface area contributed by atoms with E-state index in [0.29, 0.717) is 13.0 Å². The Morgan fingerprint density at radius 3 is 2.83 bits per heavy atom. The van der Waals surface area contributed by atoms with Gasteiger partial charge in [0.05, 0.1) is 6.61 Å². The van der Waals surface area contributed by atoms with Gasteiger partial charge in [0, 0.05) is 16.9 Å². The molecule has 1 atom stereocenters. The molecule has 18 heavy (non-hydrogen) atoms. The third-order valence-corrected chi connectivity index (χ3v) is 3.27. The molecular formula is C15H20BrNO. The summed E-state index contributed by atoms with van der Waals surface area (Å²) in [5, 5.41) is 0. The van der Waals surface area contributed by atoms with Crippen LogP contribution in [-0.4, -0.2) is 12.6 Å². The predicted octanol–water partition coefficient (Wildman–Crippen LogP) is 3.44. The Hall–Kier alpha value is -0.980. The molecule has 0 aliphatic carbocycles. The van der Waals surface area contributed by atoms with Crippen molar-refractivity contribution in [2.24, 2.45) is 5.73 Å². The van der Waals surface area contributed by atoms with Gasteiger partial charge in [0.2, 0.25) is 0 Å². The fraction of sp³-hybridized carbons (Fsp3) is 0.467. The van der Waals surface area contributed by atoms with E-state index in [1.807, 2.05) is 13.0 Å². The van der Waals surface area contributed by atoms with Crippen LogP contribution in [0, 0.1) is 19.3 Å². The van der Waals surface area contributed by atoms with E-state index in [9.17, 15) is 0 Å². The molecule has 1 unspecified atom stereocenters. The molecule has 0 aliphatic rings. The van der Waals surface area contributed by atoms with Crippen molar-refractivity contribution in [3.63, 3.8) is 0 Å². The van der Waals surface area contributed by atoms with Gasteiger partial charge in [0.1, 0.15) is 5.75 Å². The smallest absolute Gasteiger partial charge is 0.125 e. The minimum Gasteiger partial charge on any atom is -0.492 e. The summed E-state index contributed by atoms with van der Waals surface area (Å²) in [6.45, 7) is 4.68. The molecule has 1 rings (SSSR count). The fourth-order valence-electron chi connectivity index (χ4n) is 1.80. The van der Waals surface area contributed by atoms with Gasteiger partial charge in [-0.3, -0.25) is 0 Å². The van der Waals surface area contributed by atoms with Crippen LogP contribution in [0.5, 0.6) is 5.75 Å². The molecule has 0 spiro atoms. The van der Waals surface area contributed by atoms with Crippen LogP contribution in [0.15, 0.2) is 16.6 Å². The van der Waals surface area contributed by atoms with Crippen LogP contribution >= 0.6 is 15.9 Å². The second kappa shape index (κ2) is 7.45. The molecule has 1 aromatic carbocycles. The third kappa shape index (κ3) is 4.36. The number of rotatable bonds is 6. The Bertz CT molecular complexity index is 437. The molecule has 1 aromatic rings. The molecule has 2 nitrogen and oxygen atoms in total. The number of aryl methyl sites for hydroxylation is 1. The van der Waals surface area contributed by atoms with E-state index in [4.69, 9.17) is 16.9 Å². The fourth-order valence-corrected chi connectivity index (χ4v) is 2.42. The maximum Gasteiger partial charge on any atom is 0.125 e. The molecule has 0 radical (unpaired) electrons. The van der Waals surface area contributed by atoms with Crippen molar-refractivity contribution in [2.75, 3.05) is 6.61 Å². The van der Waals surface area contributed by atoms with Crippen molar-refractivity contribution in [2.45, 2.75) is 39.2 Å². The summed E-state index contributed by atoms with van der Waals surface area (Å²) in [5.74, 6) is 3.51. The molecule has 0 fully saturated rings. The molecule has 98 valence electrons. The maximum absolute atomic E-state index is 6.03. The number of terminal acetylenes is 1. The van der Waals surface area contributed by atoms with Crippen molar-refractivity contribution in [3.8, 4) is 18.1 Å². The summed E-state index contributed by atoms with van der Waals surface area (Å²) in [4.78, 5) is 0. The Morgan fingerprint density at radius 1 is 1.50 bits per heavy atom. The van der Waals surface area contributed by atoms with Crippen LogP contribution in [0.4, 0.5) is 0 Å². The van der Waals surface area contributed by atoms with Gasteiger partial charge in [-0.2, -0.15) is 0 Å². The summed E-state index contributed by atoms with van der Waals surface area (Å²) in [7, 11) is 0. The van der Waals surface area contributed by atoms with Gasteiger partial charge in [0.15, 0.2) is 0 Å². The van der Waals surface area contributed by atoms with Gasteiger partial charge < -0.3 is 10.5 Å². The molecule has 0 aliphatic heterocycles. The van der Waals surface area contributed by atoms with Gasteiger partial charge in [-0.1, -0.05) is 22.9 Å². The predicted molar refractivity (Wildman–Crippen MR) is 79.8 cm³/mol. The van der Waals surface area contributed by atoms with Crippen molar-refractivity contribution < 1.29 is 4.74 Å². The zero-order valence-corrected chi connectivity index (χ0v) is 12.6. The van der Waals surface area contributed by atoms with Crippen LogP contribution in [0.3, 0.4) is 0 Å². The molecule has 0 heterocycles. The highest BCUT2D eigenvalue weighted by Crippen LogP contribution is 2.29. The SMILES string of the molecule is C#CCCOc1c(C)cc(Br)cc1CC(N)CC. The maximum atomic E-state index is 6.03. The number of nitrogens with two attached hydrogens (primary N) is 1. The van der Waals surface area contributed by atoms with Crippen LogP contribution < -0.4 is 10.5 Å². The number of hydrogen-bond donors (Lipinski definition) is 1. The van der Waals surface area contributed by atoms with Gasteiger partial charge in [0.25, 0.3) is 0 Å². The van der Waals surface area contributed by atoms with Crippen molar-refractivity contribution in [1.29, 1.82) is 0 Å². The van der Waals surface area contributed by atoms with Gasteiger partial charge >= 0.3 is 0 Å². The highest BCUT2D eigenvalue weighted by atomic mass is 79.9. The summed E-state index contributed by atoms with van der Waals surface area (Å²) < 4.78 is 6.85. The first kappa shape index (κ1) is 15.1. The van der Waals surface area contributed by atoms with Crippen LogP contribution in [-0.2, 0) is 6.42 Å². The molecule has 0 aromatic heterocycles. The van der Waals surface area contributed by atoms with E-state index >= 15 is 0 Å². The first-order chi connectivity index (χ1) is 8.58. The van der Waals surface area contributed by atoms with Crippen molar-refractivity contribution in [3.05, 3.63) is 27.7 Å². The van der Waals surface area contributed by atoms with E-state index in [-0.39, 0.29) is 6.04 Å². The molecule has 3 heteroatoms. The standard InChI is InChI=1S/C15H20BrNO/c1-4-6-7-18-15-11(3)8-13(16)9-12(15)10-14(17)5-2/h1,8-9,14H,5-7,10,17H2,2-3H3. The van der Waals surface area contributed by atoms with Crippen LogP contribution in [0.1, 0.15) is 30.9 Å². The minimum absolute atomic E-state index is 0.161. The third-order valence-electron chi connectivity index (χ3n) is 2.82. The number of halogens is 1. The number of ether oxygens (including phenoxy) is 1.